The van der Waals surface area contributed by atoms with E-state index in [0.717, 1.165) is 4.90 Å². The molecule has 1 saturated heterocycles. The molecule has 1 aromatic rings. The van der Waals surface area contributed by atoms with Crippen LogP contribution in [0.1, 0.15) is 32.8 Å². The van der Waals surface area contributed by atoms with Gasteiger partial charge < -0.3 is 15.4 Å². The molecule has 1 unspecified atom stereocenters. The molecule has 1 fully saturated rings. The van der Waals surface area contributed by atoms with Crippen molar-refractivity contribution in [2.75, 3.05) is 19.7 Å². The lowest BCUT2D eigenvalue weighted by Crippen LogP contribution is -2.43. The van der Waals surface area contributed by atoms with Gasteiger partial charge in [-0.15, -0.1) is 0 Å². The van der Waals surface area contributed by atoms with E-state index in [0.29, 0.717) is 30.2 Å². The van der Waals surface area contributed by atoms with Gasteiger partial charge in [-0.05, 0) is 44.9 Å². The normalized spacial score (nSPS) is 19.8. The molecular formula is C18H24ClN3O4. The third-order valence-electron chi connectivity index (χ3n) is 4.09. The first kappa shape index (κ1) is 20.2. The van der Waals surface area contributed by atoms with Crippen LogP contribution in [0.3, 0.4) is 0 Å². The number of urea groups is 1. The number of hydrogen-bond acceptors (Lipinski definition) is 4. The molecule has 0 saturated carbocycles. The molecule has 1 aliphatic heterocycles. The van der Waals surface area contributed by atoms with Crippen LogP contribution in [0.25, 0.3) is 0 Å². The van der Waals surface area contributed by atoms with E-state index in [4.69, 9.17) is 16.3 Å². The second-order valence-corrected chi connectivity index (χ2v) is 7.01. The van der Waals surface area contributed by atoms with Crippen LogP contribution in [0.2, 0.25) is 5.02 Å². The Hall–Kier alpha value is -2.12. The number of ether oxygens (including phenoxy) is 1. The van der Waals surface area contributed by atoms with Crippen LogP contribution >= 0.6 is 11.6 Å². The largest absolute Gasteiger partial charge is 0.379 e. The molecule has 0 bridgehead atoms. The van der Waals surface area contributed by atoms with Crippen LogP contribution in [-0.4, -0.2) is 48.5 Å². The molecule has 1 aliphatic rings. The van der Waals surface area contributed by atoms with Crippen molar-refractivity contribution >= 4 is 29.4 Å². The Morgan fingerprint density at radius 3 is 2.58 bits per heavy atom. The number of nitrogens with zero attached hydrogens (tertiary/aromatic N) is 1. The number of halogens is 1. The summed E-state index contributed by atoms with van der Waals surface area (Å²) >= 11 is 5.87. The molecule has 4 amide bonds. The molecule has 0 aromatic heterocycles. The molecule has 7 nitrogen and oxygen atoms in total. The van der Waals surface area contributed by atoms with E-state index in [9.17, 15) is 14.4 Å². The number of rotatable bonds is 8. The number of carbonyl (C=O) groups excluding carboxylic acids is 3. The molecule has 2 rings (SSSR count). The average Bonchev–Trinajstić information content (AvgIpc) is 2.79. The molecule has 26 heavy (non-hydrogen) atoms. The maximum atomic E-state index is 12.7. The third kappa shape index (κ3) is 4.74. The quantitative estimate of drug-likeness (QED) is 0.532. The lowest BCUT2D eigenvalue weighted by atomic mass is 9.92. The van der Waals surface area contributed by atoms with Gasteiger partial charge in [-0.2, -0.15) is 0 Å². The molecule has 2 N–H and O–H groups in total. The molecule has 1 heterocycles. The Kier molecular flexibility index (Phi) is 6.61. The van der Waals surface area contributed by atoms with E-state index in [1.165, 1.54) is 0 Å². The number of carbonyl (C=O) groups is 3. The zero-order valence-corrected chi connectivity index (χ0v) is 15.9. The van der Waals surface area contributed by atoms with Crippen LogP contribution in [0.4, 0.5) is 4.79 Å². The monoisotopic (exact) mass is 381 g/mol. The molecule has 142 valence electrons. The first-order valence-electron chi connectivity index (χ1n) is 8.52. The van der Waals surface area contributed by atoms with Gasteiger partial charge in [0.2, 0.25) is 5.91 Å². The summed E-state index contributed by atoms with van der Waals surface area (Å²) in [6.07, 6.45) is 0.800. The minimum Gasteiger partial charge on any atom is -0.379 e. The summed E-state index contributed by atoms with van der Waals surface area (Å²) in [5.41, 5.74) is -0.610. The van der Waals surface area contributed by atoms with Gasteiger partial charge in [0.1, 0.15) is 12.1 Å². The maximum absolute atomic E-state index is 12.7. The SMILES string of the molecule is CC(C)OCCCNC(=O)CN1C(=O)NC(C)(c2ccc(Cl)cc2)C1=O. The van der Waals surface area contributed by atoms with Gasteiger partial charge in [-0.1, -0.05) is 23.7 Å². The minimum atomic E-state index is -1.22. The Bertz CT molecular complexity index is 678. The van der Waals surface area contributed by atoms with Gasteiger partial charge in [0.25, 0.3) is 5.91 Å². The number of benzene rings is 1. The van der Waals surface area contributed by atoms with Gasteiger partial charge in [0.05, 0.1) is 6.10 Å². The van der Waals surface area contributed by atoms with Crippen molar-refractivity contribution in [3.8, 4) is 0 Å². The molecule has 0 spiro atoms. The van der Waals surface area contributed by atoms with Crippen molar-refractivity contribution in [3.05, 3.63) is 34.9 Å². The van der Waals surface area contributed by atoms with Crippen LogP contribution in [0.15, 0.2) is 24.3 Å². The van der Waals surface area contributed by atoms with E-state index >= 15 is 0 Å². The predicted molar refractivity (Wildman–Crippen MR) is 97.8 cm³/mol. The maximum Gasteiger partial charge on any atom is 0.325 e. The van der Waals surface area contributed by atoms with E-state index in [-0.39, 0.29) is 12.6 Å². The highest BCUT2D eigenvalue weighted by molar-refractivity contribution is 6.30. The fourth-order valence-electron chi connectivity index (χ4n) is 2.64. The summed E-state index contributed by atoms with van der Waals surface area (Å²) in [7, 11) is 0. The number of amides is 4. The van der Waals surface area contributed by atoms with Crippen molar-refractivity contribution in [1.82, 2.24) is 15.5 Å². The summed E-state index contributed by atoms with van der Waals surface area (Å²) in [6, 6.07) is 6.06. The third-order valence-corrected chi connectivity index (χ3v) is 4.34. The zero-order valence-electron chi connectivity index (χ0n) is 15.2. The Morgan fingerprint density at radius 1 is 1.31 bits per heavy atom. The van der Waals surface area contributed by atoms with Crippen LogP contribution in [0.5, 0.6) is 0 Å². The standard InChI is InChI=1S/C18H24ClN3O4/c1-12(2)26-10-4-9-20-15(23)11-22-16(24)18(3,21-17(22)25)13-5-7-14(19)8-6-13/h5-8,12H,4,9-11H2,1-3H3,(H,20,23)(H,21,25). The second-order valence-electron chi connectivity index (χ2n) is 6.58. The van der Waals surface area contributed by atoms with E-state index in [1.54, 1.807) is 31.2 Å². The molecule has 0 radical (unpaired) electrons. The Balaban J connectivity index is 1.92. The summed E-state index contributed by atoms with van der Waals surface area (Å²) in [4.78, 5) is 37.9. The second kappa shape index (κ2) is 8.51. The minimum absolute atomic E-state index is 0.141. The number of hydrogen-bond donors (Lipinski definition) is 2. The lowest BCUT2D eigenvalue weighted by molar-refractivity contribution is -0.134. The zero-order chi connectivity index (χ0) is 19.3. The van der Waals surface area contributed by atoms with Gasteiger partial charge in [-0.3, -0.25) is 14.5 Å². The van der Waals surface area contributed by atoms with Gasteiger partial charge in [0, 0.05) is 18.2 Å². The summed E-state index contributed by atoms with van der Waals surface area (Å²) in [5, 5.41) is 5.88. The fraction of sp³-hybridized carbons (Fsp3) is 0.500. The highest BCUT2D eigenvalue weighted by Crippen LogP contribution is 2.29. The predicted octanol–water partition coefficient (Wildman–Crippen LogP) is 2.04. The van der Waals surface area contributed by atoms with Gasteiger partial charge in [0.15, 0.2) is 0 Å². The molecule has 0 aliphatic carbocycles. The topological polar surface area (TPSA) is 87.7 Å². The van der Waals surface area contributed by atoms with Crippen molar-refractivity contribution in [2.45, 2.75) is 38.8 Å². The molecular weight excluding hydrogens is 358 g/mol. The van der Waals surface area contributed by atoms with Crippen molar-refractivity contribution in [1.29, 1.82) is 0 Å². The highest BCUT2D eigenvalue weighted by Gasteiger charge is 2.49. The van der Waals surface area contributed by atoms with E-state index in [2.05, 4.69) is 10.6 Å². The van der Waals surface area contributed by atoms with Gasteiger partial charge in [-0.25, -0.2) is 4.79 Å². The fourth-order valence-corrected chi connectivity index (χ4v) is 2.76. The van der Waals surface area contributed by atoms with E-state index < -0.39 is 23.4 Å². The lowest BCUT2D eigenvalue weighted by Gasteiger charge is -2.22. The summed E-state index contributed by atoms with van der Waals surface area (Å²) in [5.74, 6) is -0.860. The number of imide groups is 1. The van der Waals surface area contributed by atoms with Crippen molar-refractivity contribution in [2.24, 2.45) is 0 Å². The molecule has 1 atom stereocenters. The molecule has 1 aromatic carbocycles. The summed E-state index contributed by atoms with van der Waals surface area (Å²) < 4.78 is 5.39. The van der Waals surface area contributed by atoms with Crippen molar-refractivity contribution in [3.63, 3.8) is 0 Å². The Morgan fingerprint density at radius 2 is 1.96 bits per heavy atom. The highest BCUT2D eigenvalue weighted by atomic mass is 35.5. The van der Waals surface area contributed by atoms with Crippen LogP contribution in [-0.2, 0) is 19.9 Å². The average molecular weight is 382 g/mol. The van der Waals surface area contributed by atoms with Crippen LogP contribution < -0.4 is 10.6 Å². The van der Waals surface area contributed by atoms with Gasteiger partial charge >= 0.3 is 6.03 Å². The van der Waals surface area contributed by atoms with Crippen molar-refractivity contribution < 1.29 is 19.1 Å². The first-order chi connectivity index (χ1) is 12.2. The number of nitrogens with one attached hydrogen (secondary N) is 2. The molecule has 8 heteroatoms. The van der Waals surface area contributed by atoms with Crippen LogP contribution in [0, 0.1) is 0 Å². The summed E-state index contributed by atoms with van der Waals surface area (Å²) in [6.45, 7) is 6.12. The smallest absolute Gasteiger partial charge is 0.325 e. The van der Waals surface area contributed by atoms with E-state index in [1.807, 2.05) is 13.8 Å². The Labute approximate surface area is 158 Å². The first-order valence-corrected chi connectivity index (χ1v) is 8.90.